The van der Waals surface area contributed by atoms with E-state index in [4.69, 9.17) is 17.3 Å². The molecule has 0 rings (SSSR count). The quantitative estimate of drug-likeness (QED) is 0.434. The number of rotatable bonds is 1. The molecule has 0 aromatic heterocycles. The molecule has 0 amide bonds. The van der Waals surface area contributed by atoms with Crippen LogP contribution in [0.25, 0.3) is 0 Å². The fourth-order valence-corrected chi connectivity index (χ4v) is 0.406. The van der Waals surface area contributed by atoms with Crippen LogP contribution >= 0.6 is 11.6 Å². The van der Waals surface area contributed by atoms with Gasteiger partial charge in [-0.05, 0) is 13.8 Å². The number of carbonyl (C=O) groups excluding carboxylic acids is 1. The van der Waals surface area contributed by atoms with E-state index in [1.54, 1.807) is 0 Å². The third-order valence-electron chi connectivity index (χ3n) is 0.343. The lowest BCUT2D eigenvalue weighted by Gasteiger charge is -2.16. The molecule has 0 saturated carbocycles. The van der Waals surface area contributed by atoms with Crippen LogP contribution in [0, 0.1) is 0 Å². The van der Waals surface area contributed by atoms with E-state index in [1.807, 2.05) is 0 Å². The Kier molecular flexibility index (Phi) is 2.25. The second-order valence-corrected chi connectivity index (χ2v) is 2.25. The highest BCUT2D eigenvalue weighted by atomic mass is 35.5. The van der Waals surface area contributed by atoms with Gasteiger partial charge in [-0.3, -0.25) is 5.73 Å². The minimum atomic E-state index is -0.959. The van der Waals surface area contributed by atoms with Gasteiger partial charge in [-0.1, -0.05) is 0 Å². The van der Waals surface area contributed by atoms with Gasteiger partial charge >= 0.3 is 5.43 Å². The van der Waals surface area contributed by atoms with Crippen molar-refractivity contribution in [2.24, 2.45) is 5.73 Å². The Morgan fingerprint density at radius 2 is 2.12 bits per heavy atom. The van der Waals surface area contributed by atoms with Crippen molar-refractivity contribution >= 4 is 17.0 Å². The maximum atomic E-state index is 9.92. The zero-order valence-corrected chi connectivity index (χ0v) is 5.53. The van der Waals surface area contributed by atoms with Gasteiger partial charge in [0.25, 0.3) is 0 Å². The van der Waals surface area contributed by atoms with Crippen molar-refractivity contribution in [2.75, 3.05) is 0 Å². The second-order valence-electron chi connectivity index (χ2n) is 1.94. The zero-order chi connectivity index (χ0) is 6.78. The highest BCUT2D eigenvalue weighted by Crippen LogP contribution is 2.01. The van der Waals surface area contributed by atoms with Crippen LogP contribution in [0.2, 0.25) is 0 Å². The van der Waals surface area contributed by atoms with Crippen LogP contribution < -0.4 is 5.73 Å². The van der Waals surface area contributed by atoms with Gasteiger partial charge in [0.15, 0.2) is 5.72 Å². The Balaban J connectivity index is 3.55. The molecule has 0 fully saturated rings. The standard InChI is InChI=1S/C4H8ClNO2/c1-4(2,6)8-3(5)7/h6H2,1-2H3. The minimum Gasteiger partial charge on any atom is -0.433 e. The van der Waals surface area contributed by atoms with E-state index < -0.39 is 11.2 Å². The summed E-state index contributed by atoms with van der Waals surface area (Å²) in [7, 11) is 0. The van der Waals surface area contributed by atoms with E-state index in [9.17, 15) is 4.79 Å². The van der Waals surface area contributed by atoms with Crippen molar-refractivity contribution in [3.63, 3.8) is 0 Å². The number of carbonyl (C=O) groups is 1. The summed E-state index contributed by atoms with van der Waals surface area (Å²) in [5.41, 5.74) is 3.37. The smallest absolute Gasteiger partial charge is 0.405 e. The van der Waals surface area contributed by atoms with Gasteiger partial charge in [-0.2, -0.15) is 0 Å². The number of ether oxygens (including phenoxy) is 1. The summed E-state index contributed by atoms with van der Waals surface area (Å²) in [6, 6.07) is 0. The van der Waals surface area contributed by atoms with Crippen LogP contribution in [0.5, 0.6) is 0 Å². The number of halogens is 1. The van der Waals surface area contributed by atoms with Crippen molar-refractivity contribution in [3.8, 4) is 0 Å². The number of hydrogen-bond acceptors (Lipinski definition) is 3. The second kappa shape index (κ2) is 2.33. The maximum absolute atomic E-state index is 9.92. The van der Waals surface area contributed by atoms with Crippen molar-refractivity contribution in [2.45, 2.75) is 19.6 Å². The molecule has 2 N–H and O–H groups in total. The Morgan fingerprint density at radius 3 is 2.12 bits per heavy atom. The van der Waals surface area contributed by atoms with E-state index in [1.165, 1.54) is 13.8 Å². The van der Waals surface area contributed by atoms with Crippen LogP contribution in [-0.4, -0.2) is 11.2 Å². The fourth-order valence-electron chi connectivity index (χ4n) is 0.207. The largest absolute Gasteiger partial charge is 0.433 e. The molecule has 0 saturated heterocycles. The van der Waals surface area contributed by atoms with Crippen LogP contribution in [0.3, 0.4) is 0 Å². The molecule has 0 aromatic rings. The first kappa shape index (κ1) is 7.72. The maximum Gasteiger partial charge on any atom is 0.405 e. The molecule has 0 aliphatic heterocycles. The molecule has 0 bridgehead atoms. The summed E-state index contributed by atoms with van der Waals surface area (Å²) >= 11 is 4.82. The Bertz CT molecular complexity index is 96.7. The van der Waals surface area contributed by atoms with E-state index in [0.29, 0.717) is 0 Å². The van der Waals surface area contributed by atoms with Crippen molar-refractivity contribution < 1.29 is 9.53 Å². The lowest BCUT2D eigenvalue weighted by Crippen LogP contribution is -2.36. The highest BCUT2D eigenvalue weighted by Gasteiger charge is 2.13. The first-order valence-corrected chi connectivity index (χ1v) is 2.47. The first-order chi connectivity index (χ1) is 3.42. The SMILES string of the molecule is CC(C)(N)OC(=O)Cl. The number of nitrogens with two attached hydrogens (primary N) is 1. The normalized spacial score (nSPS) is 11.0. The third kappa shape index (κ3) is 5.72. The van der Waals surface area contributed by atoms with Gasteiger partial charge in [0.2, 0.25) is 0 Å². The van der Waals surface area contributed by atoms with Crippen LogP contribution in [0.1, 0.15) is 13.8 Å². The average Bonchev–Trinajstić information content (AvgIpc) is 1.21. The lowest BCUT2D eigenvalue weighted by molar-refractivity contribution is 0.0628. The Hall–Kier alpha value is -0.280. The van der Waals surface area contributed by atoms with Crippen molar-refractivity contribution in [1.29, 1.82) is 0 Å². The zero-order valence-electron chi connectivity index (χ0n) is 4.77. The van der Waals surface area contributed by atoms with Gasteiger partial charge in [-0.15, -0.1) is 0 Å². The molecule has 0 radical (unpaired) electrons. The molecular weight excluding hydrogens is 130 g/mol. The molecule has 0 aliphatic carbocycles. The van der Waals surface area contributed by atoms with Crippen molar-refractivity contribution in [1.82, 2.24) is 0 Å². The van der Waals surface area contributed by atoms with Crippen LogP contribution in [-0.2, 0) is 4.74 Å². The van der Waals surface area contributed by atoms with Gasteiger partial charge in [0, 0.05) is 11.6 Å². The Morgan fingerprint density at radius 1 is 1.75 bits per heavy atom. The summed E-state index contributed by atoms with van der Waals surface area (Å²) in [4.78, 5) is 9.92. The molecule has 48 valence electrons. The third-order valence-corrected chi connectivity index (χ3v) is 0.420. The molecule has 0 unspecified atom stereocenters. The van der Waals surface area contributed by atoms with Crippen LogP contribution in [0.15, 0.2) is 0 Å². The van der Waals surface area contributed by atoms with Crippen molar-refractivity contribution in [3.05, 3.63) is 0 Å². The molecule has 8 heavy (non-hydrogen) atoms. The fraction of sp³-hybridized carbons (Fsp3) is 0.750. The molecule has 0 atom stereocenters. The summed E-state index contributed by atoms with van der Waals surface area (Å²) in [5, 5.41) is 0. The molecule has 3 nitrogen and oxygen atoms in total. The van der Waals surface area contributed by atoms with E-state index in [-0.39, 0.29) is 0 Å². The van der Waals surface area contributed by atoms with Crippen LogP contribution in [0.4, 0.5) is 4.79 Å². The van der Waals surface area contributed by atoms with E-state index in [0.717, 1.165) is 0 Å². The van der Waals surface area contributed by atoms with Gasteiger partial charge in [0.05, 0.1) is 0 Å². The molecule has 0 aromatic carbocycles. The first-order valence-electron chi connectivity index (χ1n) is 2.09. The summed E-state index contributed by atoms with van der Waals surface area (Å²) in [6.07, 6.45) is 0. The summed E-state index contributed by atoms with van der Waals surface area (Å²) in [5.74, 6) is 0. The predicted octanol–water partition coefficient (Wildman–Crippen LogP) is 1.06. The average molecular weight is 138 g/mol. The van der Waals surface area contributed by atoms with Gasteiger partial charge in [0.1, 0.15) is 0 Å². The summed E-state index contributed by atoms with van der Waals surface area (Å²) in [6.45, 7) is 3.07. The minimum absolute atomic E-state index is 0.877. The molecule has 0 heterocycles. The molecule has 0 spiro atoms. The molecular formula is C4H8ClNO2. The molecule has 0 aliphatic rings. The van der Waals surface area contributed by atoms with E-state index >= 15 is 0 Å². The predicted molar refractivity (Wildman–Crippen MR) is 30.6 cm³/mol. The molecule has 4 heteroatoms. The van der Waals surface area contributed by atoms with Gasteiger partial charge in [-0.25, -0.2) is 4.79 Å². The highest BCUT2D eigenvalue weighted by molar-refractivity contribution is 6.61. The topological polar surface area (TPSA) is 52.3 Å². The summed E-state index contributed by atoms with van der Waals surface area (Å²) < 4.78 is 4.34. The monoisotopic (exact) mass is 137 g/mol. The Labute approximate surface area is 52.8 Å². The number of hydrogen-bond donors (Lipinski definition) is 1. The van der Waals surface area contributed by atoms with E-state index in [2.05, 4.69) is 4.74 Å². The van der Waals surface area contributed by atoms with Gasteiger partial charge < -0.3 is 4.74 Å². The lowest BCUT2D eigenvalue weighted by atomic mass is 10.3.